The van der Waals surface area contributed by atoms with Gasteiger partial charge in [0.15, 0.2) is 0 Å². The maximum atomic E-state index is 3.47. The highest BCUT2D eigenvalue weighted by atomic mass is 14.9. The van der Waals surface area contributed by atoms with E-state index in [9.17, 15) is 0 Å². The van der Waals surface area contributed by atoms with Gasteiger partial charge in [-0.1, -0.05) is 63.3 Å². The first-order valence-corrected chi connectivity index (χ1v) is 7.49. The number of benzene rings is 1. The van der Waals surface area contributed by atoms with Crippen molar-refractivity contribution in [2.24, 2.45) is 0 Å². The zero-order valence-electron chi connectivity index (χ0n) is 12.3. The normalized spacial score (nSPS) is 12.6. The number of rotatable bonds is 9. The van der Waals surface area contributed by atoms with Crippen molar-refractivity contribution in [3.63, 3.8) is 0 Å². The Bertz CT molecular complexity index is 319. The maximum Gasteiger partial charge on any atom is 0.0105 e. The molecule has 0 aliphatic carbocycles. The molecule has 0 bridgehead atoms. The van der Waals surface area contributed by atoms with Crippen molar-refractivity contribution in [1.82, 2.24) is 5.32 Å². The summed E-state index contributed by atoms with van der Waals surface area (Å²) < 4.78 is 0. The van der Waals surface area contributed by atoms with Crippen molar-refractivity contribution < 1.29 is 0 Å². The van der Waals surface area contributed by atoms with Crippen LogP contribution < -0.4 is 5.32 Å². The largest absolute Gasteiger partial charge is 0.317 e. The van der Waals surface area contributed by atoms with Gasteiger partial charge in [-0.2, -0.15) is 0 Å². The third kappa shape index (κ3) is 5.68. The summed E-state index contributed by atoms with van der Waals surface area (Å²) in [6.07, 6.45) is 9.33. The zero-order valence-corrected chi connectivity index (χ0v) is 12.3. The van der Waals surface area contributed by atoms with E-state index in [0.29, 0.717) is 6.04 Å². The molecule has 102 valence electrons. The van der Waals surface area contributed by atoms with E-state index < -0.39 is 0 Å². The summed E-state index contributed by atoms with van der Waals surface area (Å²) in [7, 11) is 2.09. The molecule has 0 heterocycles. The third-order valence-corrected chi connectivity index (χ3v) is 3.79. The van der Waals surface area contributed by atoms with Crippen molar-refractivity contribution in [2.75, 3.05) is 7.05 Å². The van der Waals surface area contributed by atoms with Crippen LogP contribution in [0.2, 0.25) is 0 Å². The van der Waals surface area contributed by atoms with Gasteiger partial charge >= 0.3 is 0 Å². The van der Waals surface area contributed by atoms with Crippen LogP contribution in [-0.2, 0) is 6.42 Å². The summed E-state index contributed by atoms with van der Waals surface area (Å²) in [5.74, 6) is 0. The minimum Gasteiger partial charge on any atom is -0.317 e. The Kier molecular flexibility index (Phi) is 7.75. The monoisotopic (exact) mass is 247 g/mol. The van der Waals surface area contributed by atoms with E-state index in [1.165, 1.54) is 49.7 Å². The Balaban J connectivity index is 2.31. The Morgan fingerprint density at radius 2 is 1.78 bits per heavy atom. The van der Waals surface area contributed by atoms with Gasteiger partial charge in [-0.05, 0) is 37.9 Å². The molecule has 1 rings (SSSR count). The van der Waals surface area contributed by atoms with Gasteiger partial charge in [-0.25, -0.2) is 0 Å². The molecular formula is C17H29N. The second-order valence-electron chi connectivity index (χ2n) is 5.32. The maximum absolute atomic E-state index is 3.47. The second-order valence-corrected chi connectivity index (χ2v) is 5.32. The van der Waals surface area contributed by atoms with E-state index >= 15 is 0 Å². The number of nitrogens with one attached hydrogen (secondary N) is 1. The average molecular weight is 247 g/mol. The van der Waals surface area contributed by atoms with Crippen LogP contribution >= 0.6 is 0 Å². The van der Waals surface area contributed by atoms with Gasteiger partial charge in [0.25, 0.3) is 0 Å². The standard InChI is InChI=1S/C17H29N/c1-4-5-6-7-8-13-17(18-3)14-16-12-10-9-11-15(16)2/h9-12,17-18H,4-8,13-14H2,1-3H3. The molecule has 1 atom stereocenters. The van der Waals surface area contributed by atoms with Gasteiger partial charge in [0.2, 0.25) is 0 Å². The van der Waals surface area contributed by atoms with Gasteiger partial charge in [0.05, 0.1) is 0 Å². The van der Waals surface area contributed by atoms with Crippen LogP contribution in [0.4, 0.5) is 0 Å². The van der Waals surface area contributed by atoms with Gasteiger partial charge < -0.3 is 5.32 Å². The molecule has 0 saturated carbocycles. The highest BCUT2D eigenvalue weighted by molar-refractivity contribution is 5.26. The van der Waals surface area contributed by atoms with Crippen molar-refractivity contribution >= 4 is 0 Å². The van der Waals surface area contributed by atoms with Crippen molar-refractivity contribution in [3.05, 3.63) is 35.4 Å². The number of aryl methyl sites for hydroxylation is 1. The summed E-state index contributed by atoms with van der Waals surface area (Å²) in [5, 5.41) is 3.47. The molecule has 0 aliphatic heterocycles. The Hall–Kier alpha value is -0.820. The minimum absolute atomic E-state index is 0.632. The minimum atomic E-state index is 0.632. The highest BCUT2D eigenvalue weighted by Gasteiger charge is 2.08. The predicted molar refractivity (Wildman–Crippen MR) is 81.1 cm³/mol. The van der Waals surface area contributed by atoms with Gasteiger partial charge in [0, 0.05) is 6.04 Å². The van der Waals surface area contributed by atoms with Crippen molar-refractivity contribution in [1.29, 1.82) is 0 Å². The smallest absolute Gasteiger partial charge is 0.0105 e. The number of hydrogen-bond acceptors (Lipinski definition) is 1. The fourth-order valence-electron chi connectivity index (χ4n) is 2.45. The van der Waals surface area contributed by atoms with Crippen molar-refractivity contribution in [3.8, 4) is 0 Å². The molecule has 0 aromatic heterocycles. The summed E-state index contributed by atoms with van der Waals surface area (Å²) >= 11 is 0. The summed E-state index contributed by atoms with van der Waals surface area (Å²) in [6.45, 7) is 4.48. The zero-order chi connectivity index (χ0) is 13.2. The molecular weight excluding hydrogens is 218 g/mol. The van der Waals surface area contributed by atoms with Gasteiger partial charge in [0.1, 0.15) is 0 Å². The molecule has 0 fully saturated rings. The molecule has 1 aromatic carbocycles. The molecule has 1 aromatic rings. The third-order valence-electron chi connectivity index (χ3n) is 3.79. The first kappa shape index (κ1) is 15.2. The molecule has 18 heavy (non-hydrogen) atoms. The topological polar surface area (TPSA) is 12.0 Å². The summed E-state index contributed by atoms with van der Waals surface area (Å²) in [4.78, 5) is 0. The molecule has 0 amide bonds. The molecule has 1 unspecified atom stereocenters. The quantitative estimate of drug-likeness (QED) is 0.634. The molecule has 1 heteroatoms. The van der Waals surface area contributed by atoms with Crippen LogP contribution in [0.5, 0.6) is 0 Å². The average Bonchev–Trinajstić information content (AvgIpc) is 2.39. The lowest BCUT2D eigenvalue weighted by atomic mass is 9.97. The SMILES string of the molecule is CCCCCCCC(Cc1ccccc1C)NC. The number of likely N-dealkylation sites (N-methyl/N-ethyl adjacent to an activating group) is 1. The predicted octanol–water partition coefficient (Wildman–Crippen LogP) is 4.49. The van der Waals surface area contributed by atoms with Crippen LogP contribution in [0.1, 0.15) is 56.6 Å². The molecule has 0 saturated heterocycles. The molecule has 0 aliphatic rings. The van der Waals surface area contributed by atoms with Gasteiger partial charge in [-0.15, -0.1) is 0 Å². The van der Waals surface area contributed by atoms with E-state index in [-0.39, 0.29) is 0 Å². The summed E-state index contributed by atoms with van der Waals surface area (Å²) in [6, 6.07) is 9.38. The lowest BCUT2D eigenvalue weighted by Gasteiger charge is -2.17. The van der Waals surface area contributed by atoms with E-state index in [0.717, 1.165) is 6.42 Å². The van der Waals surface area contributed by atoms with E-state index in [2.05, 4.69) is 50.5 Å². The van der Waals surface area contributed by atoms with Crippen LogP contribution in [0.3, 0.4) is 0 Å². The van der Waals surface area contributed by atoms with E-state index in [1.807, 2.05) is 0 Å². The molecule has 1 nitrogen and oxygen atoms in total. The van der Waals surface area contributed by atoms with Crippen molar-refractivity contribution in [2.45, 2.75) is 64.8 Å². The first-order valence-electron chi connectivity index (χ1n) is 7.49. The Labute approximate surface area is 113 Å². The summed E-state index contributed by atoms with van der Waals surface area (Å²) in [5.41, 5.74) is 2.91. The molecule has 0 spiro atoms. The second kappa shape index (κ2) is 9.16. The fraction of sp³-hybridized carbons (Fsp3) is 0.647. The van der Waals surface area contributed by atoms with E-state index in [4.69, 9.17) is 0 Å². The van der Waals surface area contributed by atoms with E-state index in [1.54, 1.807) is 0 Å². The number of unbranched alkanes of at least 4 members (excludes halogenated alkanes) is 4. The molecule has 0 radical (unpaired) electrons. The lowest BCUT2D eigenvalue weighted by Crippen LogP contribution is -2.27. The Morgan fingerprint density at radius 1 is 1.06 bits per heavy atom. The number of hydrogen-bond donors (Lipinski definition) is 1. The van der Waals surface area contributed by atoms with Crippen LogP contribution in [0.15, 0.2) is 24.3 Å². The lowest BCUT2D eigenvalue weighted by molar-refractivity contribution is 0.481. The first-order chi connectivity index (χ1) is 8.77. The Morgan fingerprint density at radius 3 is 2.44 bits per heavy atom. The van der Waals surface area contributed by atoms with Crippen LogP contribution in [0.25, 0.3) is 0 Å². The van der Waals surface area contributed by atoms with Crippen LogP contribution in [-0.4, -0.2) is 13.1 Å². The van der Waals surface area contributed by atoms with Gasteiger partial charge in [-0.3, -0.25) is 0 Å². The van der Waals surface area contributed by atoms with Crippen LogP contribution in [0, 0.1) is 6.92 Å². The molecule has 1 N–H and O–H groups in total. The fourth-order valence-corrected chi connectivity index (χ4v) is 2.45. The highest BCUT2D eigenvalue weighted by Crippen LogP contribution is 2.14.